The van der Waals surface area contributed by atoms with Gasteiger partial charge >= 0.3 is 11.7 Å². The highest BCUT2D eigenvalue weighted by Gasteiger charge is 2.16. The Morgan fingerprint density at radius 2 is 1.71 bits per heavy atom. The van der Waals surface area contributed by atoms with E-state index in [1.54, 1.807) is 37.4 Å². The summed E-state index contributed by atoms with van der Waals surface area (Å²) in [4.78, 5) is 24.2. The average molecular weight is 327 g/mol. The fraction of sp³-hybridized carbons (Fsp3) is 0.0588. The molecule has 24 heavy (non-hydrogen) atoms. The van der Waals surface area contributed by atoms with Crippen molar-refractivity contribution in [3.63, 3.8) is 0 Å². The predicted octanol–water partition coefficient (Wildman–Crippen LogP) is 3.62. The van der Waals surface area contributed by atoms with Crippen LogP contribution in [0.4, 0.5) is 26.2 Å². The van der Waals surface area contributed by atoms with E-state index in [9.17, 15) is 14.0 Å². The lowest BCUT2D eigenvalue weighted by Crippen LogP contribution is -2.24. The first kappa shape index (κ1) is 15.5. The SMILES string of the molecule is CNc1c(NC(=O)Nc2ccccc2F)c(=O)oc2ccccc12. The molecule has 0 atom stereocenters. The minimum Gasteiger partial charge on any atom is -0.421 e. The van der Waals surface area contributed by atoms with Gasteiger partial charge in [-0.1, -0.05) is 24.3 Å². The standard InChI is InChI=1S/C17H14FN3O3/c1-19-14-10-6-2-5-9-13(10)24-16(22)15(14)21-17(23)20-12-8-4-3-7-11(12)18/h2-9,19H,1H3,(H2,20,21,23). The first-order valence-electron chi connectivity index (χ1n) is 7.16. The molecule has 1 heterocycles. The molecule has 0 fully saturated rings. The Balaban J connectivity index is 1.95. The molecule has 3 rings (SSSR count). The monoisotopic (exact) mass is 327 g/mol. The van der Waals surface area contributed by atoms with Crippen LogP contribution < -0.4 is 21.6 Å². The third-order valence-electron chi connectivity index (χ3n) is 3.42. The topological polar surface area (TPSA) is 83.4 Å². The molecular formula is C17H14FN3O3. The van der Waals surface area contributed by atoms with Crippen molar-refractivity contribution in [2.45, 2.75) is 0 Å². The maximum absolute atomic E-state index is 13.6. The Kier molecular flexibility index (Phi) is 4.15. The fourth-order valence-electron chi connectivity index (χ4n) is 2.35. The highest BCUT2D eigenvalue weighted by molar-refractivity contribution is 6.05. The summed E-state index contributed by atoms with van der Waals surface area (Å²) in [5, 5.41) is 8.29. The Morgan fingerprint density at radius 3 is 2.46 bits per heavy atom. The second kappa shape index (κ2) is 6.41. The van der Waals surface area contributed by atoms with E-state index in [1.165, 1.54) is 18.2 Å². The van der Waals surface area contributed by atoms with E-state index < -0.39 is 17.5 Å². The Bertz CT molecular complexity index is 969. The molecule has 0 saturated heterocycles. The molecule has 3 aromatic rings. The summed E-state index contributed by atoms with van der Waals surface area (Å²) in [6.07, 6.45) is 0. The smallest absolute Gasteiger partial charge is 0.362 e. The van der Waals surface area contributed by atoms with Crippen molar-refractivity contribution in [2.75, 3.05) is 23.0 Å². The van der Waals surface area contributed by atoms with E-state index in [2.05, 4.69) is 16.0 Å². The third-order valence-corrected chi connectivity index (χ3v) is 3.42. The number of hydrogen-bond acceptors (Lipinski definition) is 4. The molecule has 3 N–H and O–H groups in total. The van der Waals surface area contributed by atoms with Gasteiger partial charge < -0.3 is 15.1 Å². The number of halogens is 1. The maximum atomic E-state index is 13.6. The summed E-state index contributed by atoms with van der Waals surface area (Å²) in [6.45, 7) is 0. The molecule has 122 valence electrons. The fourth-order valence-corrected chi connectivity index (χ4v) is 2.35. The Hall–Kier alpha value is -3.35. The van der Waals surface area contributed by atoms with Crippen molar-refractivity contribution in [2.24, 2.45) is 0 Å². The van der Waals surface area contributed by atoms with E-state index in [0.717, 1.165) is 0 Å². The largest absolute Gasteiger partial charge is 0.421 e. The molecule has 0 aliphatic carbocycles. The van der Waals surface area contributed by atoms with Gasteiger partial charge in [-0.3, -0.25) is 5.32 Å². The number of carbonyl (C=O) groups is 1. The summed E-state index contributed by atoms with van der Waals surface area (Å²) in [7, 11) is 1.63. The van der Waals surface area contributed by atoms with Gasteiger partial charge in [-0.05, 0) is 24.3 Å². The van der Waals surface area contributed by atoms with Crippen LogP contribution in [0.15, 0.2) is 57.7 Å². The van der Waals surface area contributed by atoms with Crippen LogP contribution in [0, 0.1) is 5.82 Å². The minimum absolute atomic E-state index is 0.00573. The molecule has 7 heteroatoms. The normalized spacial score (nSPS) is 10.4. The third kappa shape index (κ3) is 2.91. The lowest BCUT2D eigenvalue weighted by molar-refractivity contribution is 0.262. The molecular weight excluding hydrogens is 313 g/mol. The molecule has 0 bridgehead atoms. The Morgan fingerprint density at radius 1 is 1.00 bits per heavy atom. The van der Waals surface area contributed by atoms with E-state index in [4.69, 9.17) is 4.42 Å². The molecule has 0 saturated carbocycles. The zero-order valence-corrected chi connectivity index (χ0v) is 12.7. The zero-order chi connectivity index (χ0) is 17.1. The number of urea groups is 1. The predicted molar refractivity (Wildman–Crippen MR) is 91.1 cm³/mol. The summed E-state index contributed by atoms with van der Waals surface area (Å²) >= 11 is 0. The van der Waals surface area contributed by atoms with Crippen LogP contribution in [0.25, 0.3) is 11.0 Å². The molecule has 1 aromatic heterocycles. The van der Waals surface area contributed by atoms with E-state index in [-0.39, 0.29) is 11.4 Å². The van der Waals surface area contributed by atoms with Crippen molar-refractivity contribution in [3.05, 3.63) is 64.8 Å². The maximum Gasteiger partial charge on any atom is 0.362 e. The Labute approximate surface area is 136 Å². The lowest BCUT2D eigenvalue weighted by atomic mass is 10.2. The van der Waals surface area contributed by atoms with Gasteiger partial charge in [0.15, 0.2) is 5.69 Å². The average Bonchev–Trinajstić information content (AvgIpc) is 2.57. The first-order chi connectivity index (χ1) is 11.6. The van der Waals surface area contributed by atoms with Crippen LogP contribution in [0.5, 0.6) is 0 Å². The van der Waals surface area contributed by atoms with Gasteiger partial charge in [0.05, 0.1) is 11.4 Å². The lowest BCUT2D eigenvalue weighted by Gasteiger charge is -2.12. The quantitative estimate of drug-likeness (QED) is 0.642. The van der Waals surface area contributed by atoms with Crippen LogP contribution in [-0.2, 0) is 0 Å². The number of hydrogen-bond donors (Lipinski definition) is 3. The van der Waals surface area contributed by atoms with Gasteiger partial charge in [0, 0.05) is 12.4 Å². The number of nitrogens with one attached hydrogen (secondary N) is 3. The number of rotatable bonds is 3. The van der Waals surface area contributed by atoms with Gasteiger partial charge in [-0.25, -0.2) is 14.0 Å². The van der Waals surface area contributed by atoms with Crippen LogP contribution >= 0.6 is 0 Å². The van der Waals surface area contributed by atoms with Crippen LogP contribution in [0.1, 0.15) is 0 Å². The summed E-state index contributed by atoms with van der Waals surface area (Å²) in [5.41, 5.74) is 0.0652. The zero-order valence-electron chi connectivity index (χ0n) is 12.7. The van der Waals surface area contributed by atoms with Gasteiger partial charge in [0.25, 0.3) is 0 Å². The van der Waals surface area contributed by atoms with E-state index >= 15 is 0 Å². The second-order valence-electron chi connectivity index (χ2n) is 4.94. The molecule has 0 spiro atoms. The number of amides is 2. The van der Waals surface area contributed by atoms with Gasteiger partial charge in [-0.2, -0.15) is 0 Å². The van der Waals surface area contributed by atoms with Crippen molar-refractivity contribution in [3.8, 4) is 0 Å². The molecule has 2 aromatic carbocycles. The van der Waals surface area contributed by atoms with Crippen LogP contribution in [-0.4, -0.2) is 13.1 Å². The van der Waals surface area contributed by atoms with E-state index in [1.807, 2.05) is 0 Å². The molecule has 0 radical (unpaired) electrons. The van der Waals surface area contributed by atoms with Crippen LogP contribution in [0.2, 0.25) is 0 Å². The summed E-state index contributed by atoms with van der Waals surface area (Å²) in [5.74, 6) is -0.577. The number of fused-ring (bicyclic) bond motifs is 1. The van der Waals surface area contributed by atoms with E-state index in [0.29, 0.717) is 16.7 Å². The molecule has 6 nitrogen and oxygen atoms in total. The van der Waals surface area contributed by atoms with Gasteiger partial charge in [0.1, 0.15) is 11.4 Å². The second-order valence-corrected chi connectivity index (χ2v) is 4.94. The number of carbonyl (C=O) groups excluding carboxylic acids is 1. The van der Waals surface area contributed by atoms with Crippen molar-refractivity contribution >= 4 is 34.1 Å². The first-order valence-corrected chi connectivity index (χ1v) is 7.16. The van der Waals surface area contributed by atoms with Crippen molar-refractivity contribution < 1.29 is 13.6 Å². The summed E-state index contributed by atoms with van der Waals surface area (Å²) in [6, 6.07) is 11.9. The minimum atomic E-state index is -0.751. The molecule has 0 aliphatic heterocycles. The molecule has 2 amide bonds. The van der Waals surface area contributed by atoms with Crippen molar-refractivity contribution in [1.82, 2.24) is 0 Å². The number of anilines is 3. The highest BCUT2D eigenvalue weighted by Crippen LogP contribution is 2.28. The highest BCUT2D eigenvalue weighted by atomic mass is 19.1. The summed E-state index contributed by atoms with van der Waals surface area (Å²) < 4.78 is 18.8. The van der Waals surface area contributed by atoms with Crippen LogP contribution in [0.3, 0.4) is 0 Å². The van der Waals surface area contributed by atoms with Gasteiger partial charge in [0.2, 0.25) is 0 Å². The molecule has 0 aliphatic rings. The number of benzene rings is 2. The number of para-hydroxylation sites is 2. The van der Waals surface area contributed by atoms with Gasteiger partial charge in [-0.15, -0.1) is 0 Å². The molecule has 0 unspecified atom stereocenters. The van der Waals surface area contributed by atoms with Crippen molar-refractivity contribution in [1.29, 1.82) is 0 Å².